The van der Waals surface area contributed by atoms with Crippen molar-refractivity contribution < 1.29 is 10.2 Å². The van der Waals surface area contributed by atoms with Gasteiger partial charge in [-0.3, -0.25) is 20.6 Å². The summed E-state index contributed by atoms with van der Waals surface area (Å²) in [5.41, 5.74) is 2.13. The van der Waals surface area contributed by atoms with Crippen molar-refractivity contribution in [3.05, 3.63) is 71.9 Å². The molecule has 0 atom stereocenters. The molecule has 3 aromatic rings. The second-order valence-corrected chi connectivity index (χ2v) is 4.73. The molecular formula is C16H14N5O+. The van der Waals surface area contributed by atoms with E-state index in [0.717, 1.165) is 10.9 Å². The molecule has 0 fully saturated rings. The molecule has 0 saturated heterocycles. The maximum Gasteiger partial charge on any atom is 0.350 e. The van der Waals surface area contributed by atoms with E-state index in [1.54, 1.807) is 29.0 Å². The molecule has 1 heterocycles. The summed E-state index contributed by atoms with van der Waals surface area (Å²) in [6, 6.07) is 16.4. The van der Waals surface area contributed by atoms with Gasteiger partial charge in [0, 0.05) is 22.4 Å². The van der Waals surface area contributed by atoms with Gasteiger partial charge in [-0.25, -0.2) is 0 Å². The Morgan fingerprint density at radius 3 is 2.55 bits per heavy atom. The van der Waals surface area contributed by atoms with Gasteiger partial charge in [0.15, 0.2) is 0 Å². The van der Waals surface area contributed by atoms with Crippen LogP contribution in [0.1, 0.15) is 15.9 Å². The van der Waals surface area contributed by atoms with Gasteiger partial charge in [-0.15, -0.1) is 0 Å². The molecule has 0 saturated carbocycles. The van der Waals surface area contributed by atoms with Crippen LogP contribution in [0.2, 0.25) is 0 Å². The second kappa shape index (κ2) is 5.61. The minimum absolute atomic E-state index is 0.0815. The molecule has 0 unspecified atom stereocenters. The number of amidine groups is 1. The van der Waals surface area contributed by atoms with Crippen molar-refractivity contribution in [2.75, 3.05) is 0 Å². The summed E-state index contributed by atoms with van der Waals surface area (Å²) in [5.74, 6) is 5.14. The fourth-order valence-corrected chi connectivity index (χ4v) is 2.32. The Balaban J connectivity index is 2.03. The lowest BCUT2D eigenvalue weighted by Crippen LogP contribution is -2.38. The maximum absolute atomic E-state index is 12.5. The summed E-state index contributed by atoms with van der Waals surface area (Å²) in [6.45, 7) is 0. The smallest absolute Gasteiger partial charge is 0.284 e. The van der Waals surface area contributed by atoms with Crippen molar-refractivity contribution in [1.82, 2.24) is 4.57 Å². The van der Waals surface area contributed by atoms with Crippen molar-refractivity contribution in [2.45, 2.75) is 0 Å². The molecule has 2 aromatic carbocycles. The van der Waals surface area contributed by atoms with E-state index in [1.807, 2.05) is 36.4 Å². The highest BCUT2D eigenvalue weighted by Crippen LogP contribution is 2.19. The van der Waals surface area contributed by atoms with Crippen LogP contribution in [0.3, 0.4) is 0 Å². The number of fused-ring (bicyclic) bond motifs is 1. The standard InChI is InChI=1S/C16H13N5O/c17-15(19-20-18)13-6-7-14-12(10-13)8-9-21(14)16(22)11-4-2-1-3-5-11/h1-10H,(H3,17,18,19)/p+1. The molecule has 22 heavy (non-hydrogen) atoms. The molecule has 0 amide bonds. The molecular weight excluding hydrogens is 278 g/mol. The molecule has 108 valence electrons. The van der Waals surface area contributed by atoms with E-state index < -0.39 is 0 Å². The third kappa shape index (κ3) is 2.37. The molecule has 6 nitrogen and oxygen atoms in total. The summed E-state index contributed by atoms with van der Waals surface area (Å²) < 4.78 is 1.61. The molecule has 4 N–H and O–H groups in total. The van der Waals surface area contributed by atoms with Gasteiger partial charge in [-0.2, -0.15) is 0 Å². The van der Waals surface area contributed by atoms with Crippen LogP contribution >= 0.6 is 0 Å². The van der Waals surface area contributed by atoms with Crippen LogP contribution in [0.25, 0.3) is 10.9 Å². The van der Waals surface area contributed by atoms with Crippen LogP contribution in [-0.2, 0) is 0 Å². The van der Waals surface area contributed by atoms with Gasteiger partial charge in [0.25, 0.3) is 5.91 Å². The van der Waals surface area contributed by atoms with Gasteiger partial charge in [0.05, 0.1) is 16.2 Å². The van der Waals surface area contributed by atoms with Gasteiger partial charge >= 0.3 is 5.84 Å². The molecule has 3 rings (SSSR count). The van der Waals surface area contributed by atoms with Crippen LogP contribution < -0.4 is 11.3 Å². The maximum atomic E-state index is 12.5. The fourth-order valence-electron chi connectivity index (χ4n) is 2.32. The van der Waals surface area contributed by atoms with Crippen molar-refractivity contribution in [3.8, 4) is 0 Å². The number of rotatable bonds is 2. The fraction of sp³-hybridized carbons (Fsp3) is 0. The second-order valence-electron chi connectivity index (χ2n) is 4.73. The molecule has 6 heteroatoms. The average Bonchev–Trinajstić information content (AvgIpc) is 2.98. The van der Waals surface area contributed by atoms with E-state index in [2.05, 4.69) is 10.3 Å². The number of hydrogen-bond acceptors (Lipinski definition) is 2. The predicted molar refractivity (Wildman–Crippen MR) is 83.2 cm³/mol. The highest BCUT2D eigenvalue weighted by molar-refractivity contribution is 6.04. The van der Waals surface area contributed by atoms with E-state index in [0.29, 0.717) is 11.1 Å². The lowest BCUT2D eigenvalue weighted by molar-refractivity contribution is -0.114. The lowest BCUT2D eigenvalue weighted by Gasteiger charge is -2.04. The summed E-state index contributed by atoms with van der Waals surface area (Å²) in [6.07, 6.45) is 1.74. The van der Waals surface area contributed by atoms with Crippen LogP contribution in [0.15, 0.2) is 71.1 Å². The first kappa shape index (κ1) is 13.7. The van der Waals surface area contributed by atoms with Gasteiger partial charge in [-0.1, -0.05) is 18.2 Å². The molecule has 0 bridgehead atoms. The molecule has 1 aromatic heterocycles. The first-order valence-corrected chi connectivity index (χ1v) is 6.65. The van der Waals surface area contributed by atoms with Crippen molar-refractivity contribution in [3.63, 3.8) is 0 Å². The van der Waals surface area contributed by atoms with E-state index in [-0.39, 0.29) is 11.7 Å². The lowest BCUT2D eigenvalue weighted by atomic mass is 10.1. The number of carbonyl (C=O) groups is 1. The Morgan fingerprint density at radius 2 is 1.82 bits per heavy atom. The van der Waals surface area contributed by atoms with Gasteiger partial charge in [0.1, 0.15) is 0 Å². The largest absolute Gasteiger partial charge is 0.350 e. The highest BCUT2D eigenvalue weighted by atomic mass is 16.2. The number of nitrogens with zero attached hydrogens (tertiary/aromatic N) is 3. The van der Waals surface area contributed by atoms with Gasteiger partial charge < -0.3 is 0 Å². The third-order valence-electron chi connectivity index (χ3n) is 3.39. The van der Waals surface area contributed by atoms with Crippen LogP contribution in [0.4, 0.5) is 0 Å². The van der Waals surface area contributed by atoms with Crippen molar-refractivity contribution in [2.24, 2.45) is 16.2 Å². The van der Waals surface area contributed by atoms with Gasteiger partial charge in [0.2, 0.25) is 0 Å². The normalized spacial score (nSPS) is 11.1. The third-order valence-corrected chi connectivity index (χ3v) is 3.39. The van der Waals surface area contributed by atoms with E-state index in [1.165, 1.54) is 0 Å². The van der Waals surface area contributed by atoms with Crippen LogP contribution in [0.5, 0.6) is 0 Å². The monoisotopic (exact) mass is 292 g/mol. The van der Waals surface area contributed by atoms with Crippen LogP contribution in [-0.4, -0.2) is 16.3 Å². The molecule has 0 aliphatic heterocycles. The summed E-state index contributed by atoms with van der Waals surface area (Å²) >= 11 is 0. The zero-order chi connectivity index (χ0) is 15.5. The van der Waals surface area contributed by atoms with E-state index in [9.17, 15) is 4.79 Å². The summed E-state index contributed by atoms with van der Waals surface area (Å²) in [4.78, 5) is 12.5. The number of carbonyl (C=O) groups excluding carboxylic acids is 1. The Bertz CT molecular complexity index is 880. The average molecular weight is 292 g/mol. The SMILES string of the molecule is NN=NC(=[NH2+])c1ccc2c(ccn2C(=O)c2ccccc2)c1. The first-order valence-electron chi connectivity index (χ1n) is 6.65. The number of benzene rings is 2. The minimum atomic E-state index is -0.0815. The Morgan fingerprint density at radius 1 is 1.05 bits per heavy atom. The number of nitrogens with two attached hydrogens (primary N) is 2. The molecule has 0 spiro atoms. The number of aromatic nitrogens is 1. The quantitative estimate of drug-likeness (QED) is 0.243. The minimum Gasteiger partial charge on any atom is -0.284 e. The Kier molecular flexibility index (Phi) is 3.49. The first-order chi connectivity index (χ1) is 10.7. The van der Waals surface area contributed by atoms with Crippen LogP contribution in [0, 0.1) is 0 Å². The predicted octanol–water partition coefficient (Wildman–Crippen LogP) is 1.16. The zero-order valence-corrected chi connectivity index (χ0v) is 11.7. The zero-order valence-electron chi connectivity index (χ0n) is 11.7. The topological polar surface area (TPSA) is 98.3 Å². The van der Waals surface area contributed by atoms with Crippen molar-refractivity contribution in [1.29, 1.82) is 0 Å². The van der Waals surface area contributed by atoms with Crippen molar-refractivity contribution >= 4 is 22.6 Å². The van der Waals surface area contributed by atoms with E-state index in [4.69, 9.17) is 11.3 Å². The summed E-state index contributed by atoms with van der Waals surface area (Å²) in [5, 5.41) is 13.4. The summed E-state index contributed by atoms with van der Waals surface area (Å²) in [7, 11) is 0. The number of hydrogen-bond donors (Lipinski definition) is 2. The van der Waals surface area contributed by atoms with Gasteiger partial charge in [-0.05, 0) is 36.4 Å². The molecule has 0 radical (unpaired) electrons. The Hall–Kier alpha value is -3.28. The Labute approximate surface area is 126 Å². The highest BCUT2D eigenvalue weighted by Gasteiger charge is 2.14. The van der Waals surface area contributed by atoms with E-state index >= 15 is 0 Å². The molecule has 0 aliphatic carbocycles. The molecule has 0 aliphatic rings.